The van der Waals surface area contributed by atoms with Crippen LogP contribution in [0.3, 0.4) is 0 Å². The highest BCUT2D eigenvalue weighted by atomic mass is 79.9. The minimum atomic E-state index is -0.304. The van der Waals surface area contributed by atoms with E-state index in [1.165, 1.54) is 18.6 Å². The molecule has 1 N–H and O–H groups in total. The lowest BCUT2D eigenvalue weighted by Crippen LogP contribution is -2.60. The van der Waals surface area contributed by atoms with Crippen LogP contribution in [0.1, 0.15) is 38.5 Å². The van der Waals surface area contributed by atoms with Gasteiger partial charge in [-0.2, -0.15) is 0 Å². The molecular formula is C15H18BrFO2. The molecule has 0 saturated heterocycles. The molecule has 3 rings (SSSR count). The van der Waals surface area contributed by atoms with Crippen molar-refractivity contribution in [3.8, 4) is 5.75 Å². The lowest BCUT2D eigenvalue weighted by molar-refractivity contribution is -0.172. The Kier molecular flexibility index (Phi) is 3.56. The molecule has 2 nitrogen and oxygen atoms in total. The molecule has 0 heterocycles. The van der Waals surface area contributed by atoms with Gasteiger partial charge in [0.05, 0.1) is 6.10 Å². The maximum absolute atomic E-state index is 13.4. The summed E-state index contributed by atoms with van der Waals surface area (Å²) in [6.45, 7) is 0. The van der Waals surface area contributed by atoms with Crippen LogP contribution in [0.2, 0.25) is 0 Å². The van der Waals surface area contributed by atoms with E-state index in [4.69, 9.17) is 4.74 Å². The molecule has 2 aliphatic carbocycles. The lowest BCUT2D eigenvalue weighted by Gasteiger charge is -2.55. The molecule has 104 valence electrons. The first-order valence-corrected chi connectivity index (χ1v) is 7.70. The number of aliphatic hydroxyl groups excluding tert-OH is 1. The number of hydrogen-bond acceptors (Lipinski definition) is 2. The van der Waals surface area contributed by atoms with Gasteiger partial charge in [-0.1, -0.05) is 35.2 Å². The van der Waals surface area contributed by atoms with Gasteiger partial charge in [-0.3, -0.25) is 0 Å². The molecule has 0 aliphatic heterocycles. The fourth-order valence-corrected chi connectivity index (χ4v) is 3.96. The summed E-state index contributed by atoms with van der Waals surface area (Å²) < 4.78 is 20.0. The zero-order valence-electron chi connectivity index (χ0n) is 10.7. The Bertz CT molecular complexity index is 451. The van der Waals surface area contributed by atoms with Crippen LogP contribution in [-0.4, -0.2) is 17.3 Å². The van der Waals surface area contributed by atoms with Gasteiger partial charge in [0.25, 0.3) is 0 Å². The van der Waals surface area contributed by atoms with E-state index in [9.17, 15) is 9.50 Å². The predicted molar refractivity (Wildman–Crippen MR) is 74.7 cm³/mol. The number of halogens is 2. The van der Waals surface area contributed by atoms with Crippen LogP contribution < -0.4 is 4.74 Å². The molecule has 1 aromatic carbocycles. The van der Waals surface area contributed by atoms with Crippen molar-refractivity contribution in [2.24, 2.45) is 5.41 Å². The smallest absolute Gasteiger partial charge is 0.128 e. The second-order valence-corrected chi connectivity index (χ2v) is 6.67. The highest BCUT2D eigenvalue weighted by Gasteiger charge is 2.56. The van der Waals surface area contributed by atoms with Crippen molar-refractivity contribution < 1.29 is 14.2 Å². The second kappa shape index (κ2) is 5.06. The molecule has 0 radical (unpaired) electrons. The van der Waals surface area contributed by atoms with E-state index in [-0.39, 0.29) is 23.4 Å². The number of rotatable bonds is 2. The van der Waals surface area contributed by atoms with Gasteiger partial charge >= 0.3 is 0 Å². The third-order valence-corrected chi connectivity index (χ3v) is 5.10. The first-order valence-electron chi connectivity index (χ1n) is 6.91. The van der Waals surface area contributed by atoms with E-state index >= 15 is 0 Å². The number of hydrogen-bond donors (Lipinski definition) is 1. The van der Waals surface area contributed by atoms with E-state index in [1.807, 2.05) is 0 Å². The fraction of sp³-hybridized carbons (Fsp3) is 0.600. The minimum Gasteiger partial charge on any atom is -0.490 e. The minimum absolute atomic E-state index is 0.0245. The average molecular weight is 329 g/mol. The predicted octanol–water partition coefficient (Wildman–Crippen LogP) is 4.05. The molecule has 2 atom stereocenters. The SMILES string of the molecule is OC1CC(Oc2cc(F)cc(Br)c2)C12CCCCC2. The Morgan fingerprint density at radius 3 is 2.58 bits per heavy atom. The maximum Gasteiger partial charge on any atom is 0.128 e. The molecule has 1 spiro atoms. The van der Waals surface area contributed by atoms with Crippen LogP contribution >= 0.6 is 15.9 Å². The third kappa shape index (κ3) is 2.40. The average Bonchev–Trinajstić information content (AvgIpc) is 2.38. The molecule has 19 heavy (non-hydrogen) atoms. The van der Waals surface area contributed by atoms with Gasteiger partial charge in [0.2, 0.25) is 0 Å². The maximum atomic E-state index is 13.4. The van der Waals surface area contributed by atoms with E-state index < -0.39 is 0 Å². The molecule has 0 bridgehead atoms. The van der Waals surface area contributed by atoms with Crippen molar-refractivity contribution in [3.63, 3.8) is 0 Å². The van der Waals surface area contributed by atoms with Crippen molar-refractivity contribution in [2.45, 2.75) is 50.7 Å². The van der Waals surface area contributed by atoms with Crippen LogP contribution in [0, 0.1) is 11.2 Å². The molecule has 2 unspecified atom stereocenters. The van der Waals surface area contributed by atoms with Crippen molar-refractivity contribution in [3.05, 3.63) is 28.5 Å². The third-order valence-electron chi connectivity index (χ3n) is 4.64. The standard InChI is InChI=1S/C15H18BrFO2/c16-10-6-11(17)8-12(7-10)19-14-9-13(18)15(14)4-2-1-3-5-15/h6-8,13-14,18H,1-5,9H2. The zero-order chi connectivity index (χ0) is 13.5. The van der Waals surface area contributed by atoms with Gasteiger partial charge in [-0.15, -0.1) is 0 Å². The first kappa shape index (κ1) is 13.4. The Morgan fingerprint density at radius 1 is 1.21 bits per heavy atom. The Balaban J connectivity index is 1.76. The molecule has 1 aromatic rings. The van der Waals surface area contributed by atoms with Gasteiger partial charge in [0, 0.05) is 22.4 Å². The quantitative estimate of drug-likeness (QED) is 0.887. The Labute approximate surface area is 121 Å². The molecule has 2 saturated carbocycles. The summed E-state index contributed by atoms with van der Waals surface area (Å²) in [7, 11) is 0. The highest BCUT2D eigenvalue weighted by molar-refractivity contribution is 9.10. The molecule has 4 heteroatoms. The van der Waals surface area contributed by atoms with Crippen LogP contribution in [0.4, 0.5) is 4.39 Å². The van der Waals surface area contributed by atoms with Crippen LogP contribution in [0.5, 0.6) is 5.75 Å². The number of aliphatic hydroxyl groups is 1. The van der Waals surface area contributed by atoms with Crippen molar-refractivity contribution in [1.29, 1.82) is 0 Å². The van der Waals surface area contributed by atoms with Crippen molar-refractivity contribution in [1.82, 2.24) is 0 Å². The van der Waals surface area contributed by atoms with Gasteiger partial charge < -0.3 is 9.84 Å². The Morgan fingerprint density at radius 2 is 1.95 bits per heavy atom. The zero-order valence-corrected chi connectivity index (χ0v) is 12.3. The van der Waals surface area contributed by atoms with Gasteiger partial charge in [-0.05, 0) is 25.0 Å². The molecular weight excluding hydrogens is 311 g/mol. The highest BCUT2D eigenvalue weighted by Crippen LogP contribution is 2.53. The van der Waals surface area contributed by atoms with E-state index in [0.717, 1.165) is 25.7 Å². The van der Waals surface area contributed by atoms with Crippen LogP contribution in [0.25, 0.3) is 0 Å². The van der Waals surface area contributed by atoms with Gasteiger partial charge in [0.1, 0.15) is 17.7 Å². The molecule has 2 aliphatic rings. The van der Waals surface area contributed by atoms with Crippen molar-refractivity contribution >= 4 is 15.9 Å². The topological polar surface area (TPSA) is 29.5 Å². The monoisotopic (exact) mass is 328 g/mol. The summed E-state index contributed by atoms with van der Waals surface area (Å²) in [6.07, 6.45) is 6.03. The number of ether oxygens (including phenoxy) is 1. The number of benzene rings is 1. The summed E-state index contributed by atoms with van der Waals surface area (Å²) in [5.41, 5.74) is -0.0863. The van der Waals surface area contributed by atoms with E-state index in [2.05, 4.69) is 15.9 Å². The van der Waals surface area contributed by atoms with E-state index in [1.54, 1.807) is 6.07 Å². The van der Waals surface area contributed by atoms with Crippen molar-refractivity contribution in [2.75, 3.05) is 0 Å². The molecule has 0 aromatic heterocycles. The largest absolute Gasteiger partial charge is 0.490 e. The van der Waals surface area contributed by atoms with Crippen LogP contribution in [-0.2, 0) is 0 Å². The molecule has 0 amide bonds. The summed E-state index contributed by atoms with van der Waals surface area (Å²) in [5, 5.41) is 10.1. The Hall–Kier alpha value is -0.610. The van der Waals surface area contributed by atoms with Crippen LogP contribution in [0.15, 0.2) is 22.7 Å². The lowest BCUT2D eigenvalue weighted by atomic mass is 9.56. The summed E-state index contributed by atoms with van der Waals surface area (Å²) in [6, 6.07) is 4.61. The second-order valence-electron chi connectivity index (χ2n) is 5.76. The molecule has 2 fully saturated rings. The van der Waals surface area contributed by atoms with Gasteiger partial charge in [0.15, 0.2) is 0 Å². The van der Waals surface area contributed by atoms with E-state index in [0.29, 0.717) is 16.6 Å². The first-order chi connectivity index (χ1) is 9.10. The summed E-state index contributed by atoms with van der Waals surface area (Å²) in [4.78, 5) is 0. The normalized spacial score (nSPS) is 29.0. The summed E-state index contributed by atoms with van der Waals surface area (Å²) in [5.74, 6) is 0.246. The van der Waals surface area contributed by atoms with Gasteiger partial charge in [-0.25, -0.2) is 4.39 Å². The fourth-order valence-electron chi connectivity index (χ4n) is 3.52. The summed E-state index contributed by atoms with van der Waals surface area (Å²) >= 11 is 3.27.